The number of nitrogen functional groups attached to an aromatic ring is 1. The summed E-state index contributed by atoms with van der Waals surface area (Å²) in [6.45, 7) is 5.06. The van der Waals surface area contributed by atoms with Gasteiger partial charge in [-0.05, 0) is 54.4 Å². The van der Waals surface area contributed by atoms with E-state index in [1.807, 2.05) is 6.07 Å². The van der Waals surface area contributed by atoms with Crippen molar-refractivity contribution in [3.8, 4) is 11.1 Å². The van der Waals surface area contributed by atoms with Gasteiger partial charge < -0.3 is 21.1 Å². The van der Waals surface area contributed by atoms with Gasteiger partial charge in [0.2, 0.25) is 0 Å². The second-order valence-electron chi connectivity index (χ2n) is 9.26. The van der Waals surface area contributed by atoms with Crippen LogP contribution < -0.4 is 16.4 Å². The minimum atomic E-state index is -4.63. The summed E-state index contributed by atoms with van der Waals surface area (Å²) in [7, 11) is 0. The van der Waals surface area contributed by atoms with Gasteiger partial charge in [-0.3, -0.25) is 4.90 Å². The van der Waals surface area contributed by atoms with Crippen molar-refractivity contribution in [2.75, 3.05) is 42.7 Å². The molecule has 1 fully saturated rings. The fourth-order valence-corrected chi connectivity index (χ4v) is 4.74. The van der Waals surface area contributed by atoms with Crippen molar-refractivity contribution in [3.05, 3.63) is 70.4 Å². The van der Waals surface area contributed by atoms with Crippen molar-refractivity contribution in [2.45, 2.75) is 19.6 Å². The highest BCUT2D eigenvalue weighted by Crippen LogP contribution is 2.36. The van der Waals surface area contributed by atoms with Gasteiger partial charge in [0.05, 0.1) is 40.9 Å². The number of nitrogens with one attached hydrogen (secondary N) is 2. The SMILES string of the molecule is Cc1cc(NC(=O)Nc2cc(C(F)(F)F)ccc2Cl)c(F)cc1-c1cc(CN2CCOCC2)n2ncnc(N)c12. The summed E-state index contributed by atoms with van der Waals surface area (Å²) in [4.78, 5) is 18.9. The van der Waals surface area contributed by atoms with E-state index in [1.54, 1.807) is 11.4 Å². The molecular formula is C26H24ClF4N7O2. The van der Waals surface area contributed by atoms with Crippen LogP contribution in [0.1, 0.15) is 16.8 Å². The normalized spacial score (nSPS) is 14.4. The molecule has 0 bridgehead atoms. The number of carbonyl (C=O) groups is 1. The molecule has 0 spiro atoms. The smallest absolute Gasteiger partial charge is 0.382 e. The lowest BCUT2D eigenvalue weighted by atomic mass is 10.00. The zero-order chi connectivity index (χ0) is 28.6. The molecular weight excluding hydrogens is 554 g/mol. The number of aryl methyl sites for hydroxylation is 1. The Balaban J connectivity index is 1.43. The lowest BCUT2D eigenvalue weighted by molar-refractivity contribution is -0.137. The zero-order valence-electron chi connectivity index (χ0n) is 21.1. The van der Waals surface area contributed by atoms with Gasteiger partial charge in [0.15, 0.2) is 5.82 Å². The molecule has 40 heavy (non-hydrogen) atoms. The summed E-state index contributed by atoms with van der Waals surface area (Å²) in [5.74, 6) is -0.548. The molecule has 0 saturated carbocycles. The van der Waals surface area contributed by atoms with Crippen molar-refractivity contribution in [1.29, 1.82) is 0 Å². The standard InChI is InChI=1S/C26H24ClF4N7O2/c1-14-8-22(36-25(39)35-21-9-15(26(29,30)31)2-3-19(21)27)20(28)11-17(14)18-10-16(12-37-4-6-40-7-5-37)38-23(18)24(32)33-13-34-38/h2-3,8-11,13H,4-7,12H2,1H3,(H2,32,33,34)(H2,35,36,39). The largest absolute Gasteiger partial charge is 0.416 e. The van der Waals surface area contributed by atoms with E-state index in [4.69, 9.17) is 22.1 Å². The first-order valence-corrected chi connectivity index (χ1v) is 12.6. The third-order valence-corrected chi connectivity index (χ3v) is 6.87. The van der Waals surface area contributed by atoms with E-state index in [2.05, 4.69) is 25.6 Å². The van der Waals surface area contributed by atoms with Gasteiger partial charge in [-0.1, -0.05) is 11.6 Å². The highest BCUT2D eigenvalue weighted by molar-refractivity contribution is 6.33. The van der Waals surface area contributed by atoms with Crippen LogP contribution in [0, 0.1) is 12.7 Å². The summed E-state index contributed by atoms with van der Waals surface area (Å²) in [6.07, 6.45) is -3.28. The molecule has 5 rings (SSSR count). The first-order chi connectivity index (χ1) is 19.0. The number of alkyl halides is 3. The van der Waals surface area contributed by atoms with Crippen molar-refractivity contribution >= 4 is 40.3 Å². The van der Waals surface area contributed by atoms with E-state index in [1.165, 1.54) is 18.5 Å². The molecule has 2 amide bonds. The Morgan fingerprint density at radius 1 is 1.10 bits per heavy atom. The highest BCUT2D eigenvalue weighted by Gasteiger charge is 2.31. The molecule has 210 valence electrons. The third kappa shape index (κ3) is 5.67. The molecule has 9 nitrogen and oxygen atoms in total. The number of fused-ring (bicyclic) bond motifs is 1. The Morgan fingerprint density at radius 3 is 2.55 bits per heavy atom. The van der Waals surface area contributed by atoms with Gasteiger partial charge >= 0.3 is 12.2 Å². The summed E-state index contributed by atoms with van der Waals surface area (Å²) in [5.41, 5.74) is 7.84. The average Bonchev–Trinajstić information content (AvgIpc) is 3.26. The Labute approximate surface area is 230 Å². The van der Waals surface area contributed by atoms with E-state index in [-0.39, 0.29) is 22.2 Å². The van der Waals surface area contributed by atoms with Crippen molar-refractivity contribution < 1.29 is 27.1 Å². The number of anilines is 3. The Bertz CT molecular complexity index is 1590. The number of hydrogen-bond donors (Lipinski definition) is 3. The number of benzene rings is 2. The van der Waals surface area contributed by atoms with Crippen molar-refractivity contribution in [2.24, 2.45) is 0 Å². The van der Waals surface area contributed by atoms with Crippen LogP contribution in [-0.2, 0) is 17.5 Å². The first-order valence-electron chi connectivity index (χ1n) is 12.2. The lowest BCUT2D eigenvalue weighted by Crippen LogP contribution is -2.36. The molecule has 0 radical (unpaired) electrons. The monoisotopic (exact) mass is 577 g/mol. The molecule has 2 aromatic carbocycles. The molecule has 1 saturated heterocycles. The number of nitrogens with two attached hydrogens (primary N) is 1. The summed E-state index contributed by atoms with van der Waals surface area (Å²) < 4.78 is 61.6. The quantitative estimate of drug-likeness (QED) is 0.267. The third-order valence-electron chi connectivity index (χ3n) is 6.54. The first kappa shape index (κ1) is 27.6. The molecule has 4 N–H and O–H groups in total. The molecule has 2 aromatic heterocycles. The highest BCUT2D eigenvalue weighted by atomic mass is 35.5. The molecule has 3 heterocycles. The summed E-state index contributed by atoms with van der Waals surface area (Å²) in [5, 5.41) is 8.82. The van der Waals surface area contributed by atoms with E-state index in [9.17, 15) is 18.0 Å². The summed E-state index contributed by atoms with van der Waals surface area (Å²) in [6, 6.07) is 6.10. The molecule has 1 aliphatic rings. The van der Waals surface area contributed by atoms with E-state index >= 15 is 4.39 Å². The van der Waals surface area contributed by atoms with Crippen molar-refractivity contribution in [3.63, 3.8) is 0 Å². The van der Waals surface area contributed by atoms with Gasteiger partial charge in [-0.15, -0.1) is 0 Å². The van der Waals surface area contributed by atoms with Gasteiger partial charge in [0, 0.05) is 25.2 Å². The van der Waals surface area contributed by atoms with Gasteiger partial charge in [-0.25, -0.2) is 18.7 Å². The van der Waals surface area contributed by atoms with Crippen LogP contribution in [0.5, 0.6) is 0 Å². The number of rotatable bonds is 5. The average molecular weight is 578 g/mol. The second-order valence-corrected chi connectivity index (χ2v) is 9.67. The number of urea groups is 1. The maximum Gasteiger partial charge on any atom is 0.416 e. The van der Waals surface area contributed by atoms with Crippen LogP contribution in [0.4, 0.5) is 39.5 Å². The molecule has 1 aliphatic heterocycles. The topological polar surface area (TPSA) is 110 Å². The Hall–Kier alpha value is -3.94. The number of aromatic nitrogens is 3. The number of ether oxygens (including phenoxy) is 1. The van der Waals surface area contributed by atoms with Gasteiger partial charge in [0.1, 0.15) is 17.7 Å². The number of halogens is 5. The van der Waals surface area contributed by atoms with Crippen LogP contribution in [0.25, 0.3) is 16.6 Å². The molecule has 14 heteroatoms. The van der Waals surface area contributed by atoms with E-state index in [0.717, 1.165) is 30.9 Å². The van der Waals surface area contributed by atoms with Crippen LogP contribution in [0.3, 0.4) is 0 Å². The molecule has 0 atom stereocenters. The Kier molecular flexibility index (Phi) is 7.53. The number of carbonyl (C=O) groups excluding carboxylic acids is 1. The lowest BCUT2D eigenvalue weighted by Gasteiger charge is -2.26. The minimum Gasteiger partial charge on any atom is -0.382 e. The van der Waals surface area contributed by atoms with Crippen LogP contribution in [0.2, 0.25) is 5.02 Å². The fraction of sp³-hybridized carbons (Fsp3) is 0.269. The minimum absolute atomic E-state index is 0.108. The number of hydrogen-bond acceptors (Lipinski definition) is 6. The number of nitrogens with zero attached hydrogens (tertiary/aromatic N) is 4. The van der Waals surface area contributed by atoms with Crippen LogP contribution in [0.15, 0.2) is 42.7 Å². The Morgan fingerprint density at radius 2 is 1.82 bits per heavy atom. The molecule has 0 unspecified atom stereocenters. The van der Waals surface area contributed by atoms with E-state index in [0.29, 0.717) is 48.0 Å². The maximum absolute atomic E-state index is 15.3. The maximum atomic E-state index is 15.3. The van der Waals surface area contributed by atoms with Crippen LogP contribution in [-0.4, -0.2) is 51.8 Å². The van der Waals surface area contributed by atoms with Crippen molar-refractivity contribution in [1.82, 2.24) is 19.5 Å². The predicted octanol–water partition coefficient (Wildman–Crippen LogP) is 5.57. The predicted molar refractivity (Wildman–Crippen MR) is 143 cm³/mol. The fourth-order valence-electron chi connectivity index (χ4n) is 4.58. The summed E-state index contributed by atoms with van der Waals surface area (Å²) >= 11 is 5.95. The second kappa shape index (κ2) is 10.9. The van der Waals surface area contributed by atoms with Gasteiger partial charge in [0.25, 0.3) is 0 Å². The number of amides is 2. The molecule has 0 aliphatic carbocycles. The molecule has 4 aromatic rings. The van der Waals surface area contributed by atoms with Crippen LogP contribution >= 0.6 is 11.6 Å². The number of morpholine rings is 1. The van der Waals surface area contributed by atoms with Gasteiger partial charge in [-0.2, -0.15) is 18.3 Å². The zero-order valence-corrected chi connectivity index (χ0v) is 21.9. The van der Waals surface area contributed by atoms with E-state index < -0.39 is 23.6 Å².